The molecule has 3 amide bonds. The maximum absolute atomic E-state index is 13.7. The van der Waals surface area contributed by atoms with Crippen LogP contribution in [0.5, 0.6) is 5.75 Å². The van der Waals surface area contributed by atoms with Crippen molar-refractivity contribution in [1.29, 1.82) is 0 Å². The highest BCUT2D eigenvalue weighted by Gasteiger charge is 2.47. The van der Waals surface area contributed by atoms with Crippen LogP contribution < -0.4 is 21.1 Å². The van der Waals surface area contributed by atoms with E-state index in [2.05, 4.69) is 10.6 Å². The minimum Gasteiger partial charge on any atom is -0.497 e. The predicted octanol–water partition coefficient (Wildman–Crippen LogP) is 2.74. The zero-order valence-electron chi connectivity index (χ0n) is 20.2. The highest BCUT2D eigenvalue weighted by molar-refractivity contribution is 7.89. The van der Waals surface area contributed by atoms with E-state index in [-0.39, 0.29) is 35.1 Å². The molecule has 1 unspecified atom stereocenters. The van der Waals surface area contributed by atoms with Crippen molar-refractivity contribution in [3.8, 4) is 5.75 Å². The third-order valence-electron chi connectivity index (χ3n) is 6.58. The standard InChI is InChI=1S/C24H29ClFN5O5S/c1-36-18-8-6-17(7-9-18)29-24(33)30-12-13-31(37(34,35)19-10-11-21(26)20(25)14-19)23(30)22(32)28-16-4-2-15(27)3-5-16/h6-11,14-16,23H,2-5,12-13,27H2,1H3,(H,28,32)(H,29,33). The van der Waals surface area contributed by atoms with Gasteiger partial charge in [-0.2, -0.15) is 4.31 Å². The number of ether oxygens (including phenoxy) is 1. The molecule has 4 rings (SSSR count). The van der Waals surface area contributed by atoms with Crippen molar-refractivity contribution in [3.63, 3.8) is 0 Å². The molecule has 1 atom stereocenters. The smallest absolute Gasteiger partial charge is 0.323 e. The first-order valence-electron chi connectivity index (χ1n) is 11.8. The van der Waals surface area contributed by atoms with Crippen LogP contribution >= 0.6 is 11.6 Å². The molecule has 37 heavy (non-hydrogen) atoms. The van der Waals surface area contributed by atoms with Crippen LogP contribution in [0, 0.1) is 5.82 Å². The van der Waals surface area contributed by atoms with Gasteiger partial charge in [-0.1, -0.05) is 11.6 Å². The van der Waals surface area contributed by atoms with Crippen molar-refractivity contribution in [2.45, 2.75) is 48.8 Å². The molecule has 1 aliphatic carbocycles. The molecule has 1 aliphatic heterocycles. The molecule has 10 nitrogen and oxygen atoms in total. The number of anilines is 1. The topological polar surface area (TPSA) is 134 Å². The maximum atomic E-state index is 13.7. The summed E-state index contributed by atoms with van der Waals surface area (Å²) in [6.07, 6.45) is 1.30. The summed E-state index contributed by atoms with van der Waals surface area (Å²) in [6, 6.07) is 8.81. The fraction of sp³-hybridized carbons (Fsp3) is 0.417. The number of benzene rings is 2. The summed E-state index contributed by atoms with van der Waals surface area (Å²) in [5.41, 5.74) is 6.41. The number of nitrogens with one attached hydrogen (secondary N) is 2. The second-order valence-corrected chi connectivity index (χ2v) is 11.3. The van der Waals surface area contributed by atoms with Crippen molar-refractivity contribution in [2.24, 2.45) is 5.73 Å². The number of rotatable bonds is 6. The zero-order valence-corrected chi connectivity index (χ0v) is 21.8. The second-order valence-electron chi connectivity index (χ2n) is 9.04. The van der Waals surface area contributed by atoms with Gasteiger partial charge in [-0.05, 0) is 68.1 Å². The van der Waals surface area contributed by atoms with Gasteiger partial charge in [0.15, 0.2) is 6.17 Å². The summed E-state index contributed by atoms with van der Waals surface area (Å²) in [5.74, 6) is -0.800. The number of amides is 3. The number of sulfonamides is 1. The molecule has 1 heterocycles. The molecule has 2 aromatic rings. The van der Waals surface area contributed by atoms with E-state index >= 15 is 0 Å². The second kappa shape index (κ2) is 11.2. The number of hydrogen-bond donors (Lipinski definition) is 3. The van der Waals surface area contributed by atoms with E-state index in [0.29, 0.717) is 24.3 Å². The molecule has 0 aromatic heterocycles. The first-order chi connectivity index (χ1) is 17.6. The molecule has 0 radical (unpaired) electrons. The molecule has 0 spiro atoms. The van der Waals surface area contributed by atoms with Crippen molar-refractivity contribution in [2.75, 3.05) is 25.5 Å². The Kier molecular flexibility index (Phi) is 8.22. The van der Waals surface area contributed by atoms with Crippen molar-refractivity contribution in [3.05, 3.63) is 53.3 Å². The normalized spacial score (nSPS) is 22.5. The molecular formula is C24H29ClFN5O5S. The molecule has 200 valence electrons. The molecule has 2 aliphatic rings. The number of carbonyl (C=O) groups excluding carboxylic acids is 2. The quantitative estimate of drug-likeness (QED) is 0.503. The van der Waals surface area contributed by atoms with Gasteiger partial charge >= 0.3 is 6.03 Å². The van der Waals surface area contributed by atoms with E-state index in [0.717, 1.165) is 40.2 Å². The Morgan fingerprint density at radius 2 is 1.76 bits per heavy atom. The van der Waals surface area contributed by atoms with Crippen molar-refractivity contribution < 1.29 is 27.1 Å². The van der Waals surface area contributed by atoms with Gasteiger partial charge in [-0.3, -0.25) is 9.69 Å². The molecule has 2 aromatic carbocycles. The predicted molar refractivity (Wildman–Crippen MR) is 136 cm³/mol. The first kappa shape index (κ1) is 27.1. The maximum Gasteiger partial charge on any atom is 0.323 e. The van der Waals surface area contributed by atoms with Gasteiger partial charge in [0.2, 0.25) is 10.0 Å². The Morgan fingerprint density at radius 1 is 1.08 bits per heavy atom. The van der Waals surface area contributed by atoms with E-state index in [1.54, 1.807) is 24.3 Å². The number of hydrogen-bond acceptors (Lipinski definition) is 6. The molecule has 1 saturated carbocycles. The zero-order chi connectivity index (χ0) is 26.7. The van der Waals surface area contributed by atoms with Gasteiger partial charge in [0, 0.05) is 30.9 Å². The van der Waals surface area contributed by atoms with Crippen LogP contribution in [0.4, 0.5) is 14.9 Å². The summed E-state index contributed by atoms with van der Waals surface area (Å²) in [5, 5.41) is 5.23. The number of nitrogens with two attached hydrogens (primary N) is 1. The summed E-state index contributed by atoms with van der Waals surface area (Å²) in [6.45, 7) is -0.176. The van der Waals surface area contributed by atoms with Crippen LogP contribution in [-0.4, -0.2) is 68.0 Å². The summed E-state index contributed by atoms with van der Waals surface area (Å²) < 4.78 is 46.8. The molecule has 2 fully saturated rings. The Hall–Kier alpha value is -2.93. The Balaban J connectivity index is 1.61. The van der Waals surface area contributed by atoms with Gasteiger partial charge in [0.05, 0.1) is 17.0 Å². The minimum absolute atomic E-state index is 0.0379. The lowest BCUT2D eigenvalue weighted by Crippen LogP contribution is -2.56. The lowest BCUT2D eigenvalue weighted by Gasteiger charge is -2.32. The van der Waals surface area contributed by atoms with E-state index in [9.17, 15) is 22.4 Å². The van der Waals surface area contributed by atoms with Crippen LogP contribution in [0.2, 0.25) is 5.02 Å². The lowest BCUT2D eigenvalue weighted by atomic mass is 9.92. The van der Waals surface area contributed by atoms with Crippen molar-refractivity contribution in [1.82, 2.24) is 14.5 Å². The molecular weight excluding hydrogens is 525 g/mol. The highest BCUT2D eigenvalue weighted by atomic mass is 35.5. The monoisotopic (exact) mass is 553 g/mol. The summed E-state index contributed by atoms with van der Waals surface area (Å²) >= 11 is 5.83. The number of carbonyl (C=O) groups is 2. The van der Waals surface area contributed by atoms with Crippen LogP contribution in [0.1, 0.15) is 25.7 Å². The Bertz CT molecular complexity index is 1250. The van der Waals surface area contributed by atoms with Crippen LogP contribution in [-0.2, 0) is 14.8 Å². The van der Waals surface area contributed by atoms with E-state index in [1.165, 1.54) is 7.11 Å². The SMILES string of the molecule is COc1ccc(NC(=O)N2CCN(S(=O)(=O)c3ccc(F)c(Cl)c3)C2C(=O)NC2CCC(N)CC2)cc1. The van der Waals surface area contributed by atoms with E-state index in [4.69, 9.17) is 22.1 Å². The summed E-state index contributed by atoms with van der Waals surface area (Å²) in [7, 11) is -2.79. The number of nitrogens with zero attached hydrogens (tertiary/aromatic N) is 2. The lowest BCUT2D eigenvalue weighted by molar-refractivity contribution is -0.128. The molecule has 1 saturated heterocycles. The molecule has 4 N–H and O–H groups in total. The van der Waals surface area contributed by atoms with Gasteiger partial charge in [-0.15, -0.1) is 0 Å². The van der Waals surface area contributed by atoms with Crippen molar-refractivity contribution >= 4 is 39.2 Å². The highest BCUT2D eigenvalue weighted by Crippen LogP contribution is 2.29. The molecule has 0 bridgehead atoms. The minimum atomic E-state index is -4.31. The summed E-state index contributed by atoms with van der Waals surface area (Å²) in [4.78, 5) is 27.6. The Labute approximate surface area is 219 Å². The van der Waals surface area contributed by atoms with Gasteiger partial charge < -0.3 is 21.1 Å². The van der Waals surface area contributed by atoms with Gasteiger partial charge in [-0.25, -0.2) is 17.6 Å². The van der Waals surface area contributed by atoms with Crippen LogP contribution in [0.25, 0.3) is 0 Å². The first-order valence-corrected chi connectivity index (χ1v) is 13.7. The van der Waals surface area contributed by atoms with Crippen LogP contribution in [0.15, 0.2) is 47.4 Å². The Morgan fingerprint density at radius 3 is 2.38 bits per heavy atom. The fourth-order valence-electron chi connectivity index (χ4n) is 4.52. The third-order valence-corrected chi connectivity index (χ3v) is 8.72. The fourth-order valence-corrected chi connectivity index (χ4v) is 6.34. The van der Waals surface area contributed by atoms with E-state index in [1.807, 2.05) is 0 Å². The number of urea groups is 1. The van der Waals surface area contributed by atoms with E-state index < -0.39 is 33.9 Å². The third kappa shape index (κ3) is 5.98. The average molecular weight is 554 g/mol. The average Bonchev–Trinajstić information content (AvgIpc) is 3.34. The number of methoxy groups -OCH3 is 1. The number of halogens is 2. The van der Waals surface area contributed by atoms with Gasteiger partial charge in [0.25, 0.3) is 5.91 Å². The van der Waals surface area contributed by atoms with Crippen LogP contribution in [0.3, 0.4) is 0 Å². The van der Waals surface area contributed by atoms with Gasteiger partial charge in [0.1, 0.15) is 11.6 Å². The largest absolute Gasteiger partial charge is 0.497 e. The molecule has 13 heteroatoms.